The Morgan fingerprint density at radius 1 is 1.05 bits per heavy atom. The lowest BCUT2D eigenvalue weighted by molar-refractivity contribution is 0.307. The fourth-order valence-corrected chi connectivity index (χ4v) is 3.29. The highest BCUT2D eigenvalue weighted by Gasteiger charge is 2.20. The fourth-order valence-electron chi connectivity index (χ4n) is 2.49. The molecule has 1 saturated carbocycles. The smallest absolute Gasteiger partial charge is 0.225 e. The molecule has 1 aliphatic carbocycles. The van der Waals surface area contributed by atoms with Crippen molar-refractivity contribution in [2.45, 2.75) is 49.1 Å². The van der Waals surface area contributed by atoms with Crippen molar-refractivity contribution in [3.8, 4) is 0 Å². The van der Waals surface area contributed by atoms with Gasteiger partial charge in [-0.15, -0.1) is 5.10 Å². The van der Waals surface area contributed by atoms with E-state index in [2.05, 4.69) is 30.5 Å². The number of anilines is 2. The first kappa shape index (κ1) is 14.0. The van der Waals surface area contributed by atoms with Gasteiger partial charge in [-0.25, -0.2) is 4.68 Å². The maximum absolute atomic E-state index is 5.56. The minimum atomic E-state index is 0.130. The summed E-state index contributed by atoms with van der Waals surface area (Å²) in [5, 5.41) is 12.8. The van der Waals surface area contributed by atoms with E-state index < -0.39 is 0 Å². The summed E-state index contributed by atoms with van der Waals surface area (Å²) in [6, 6.07) is 0.393. The van der Waals surface area contributed by atoms with Crippen LogP contribution in [-0.4, -0.2) is 35.2 Å². The summed E-state index contributed by atoms with van der Waals surface area (Å²) < 4.78 is 1.91. The molecule has 0 saturated heterocycles. The predicted molar refractivity (Wildman–Crippen MR) is 78.2 cm³/mol. The SMILES string of the molecule is Nc1nc(N)nc(CSc2nnnn2C2CCCCC2)n1. The maximum Gasteiger partial charge on any atom is 0.225 e. The molecule has 1 aliphatic rings. The van der Waals surface area contributed by atoms with Crippen LogP contribution in [0.2, 0.25) is 0 Å². The summed E-state index contributed by atoms with van der Waals surface area (Å²) in [6.07, 6.45) is 6.02. The number of nitrogen functional groups attached to an aromatic ring is 2. The largest absolute Gasteiger partial charge is 0.368 e. The number of nitrogens with zero attached hydrogens (tertiary/aromatic N) is 7. The van der Waals surface area contributed by atoms with Gasteiger partial charge in [0.25, 0.3) is 0 Å². The standard InChI is InChI=1S/C11H17N9S/c12-9-14-8(15-10(13)16-9)6-21-11-17-18-19-20(11)7-4-2-1-3-5-7/h7H,1-6H2,(H4,12,13,14,15,16). The fraction of sp³-hybridized carbons (Fsp3) is 0.636. The van der Waals surface area contributed by atoms with Crippen LogP contribution >= 0.6 is 11.8 Å². The van der Waals surface area contributed by atoms with Crippen molar-refractivity contribution in [1.82, 2.24) is 35.2 Å². The summed E-state index contributed by atoms with van der Waals surface area (Å²) in [4.78, 5) is 11.9. The highest BCUT2D eigenvalue weighted by Crippen LogP contribution is 2.30. The van der Waals surface area contributed by atoms with Crippen molar-refractivity contribution in [3.63, 3.8) is 0 Å². The van der Waals surface area contributed by atoms with Crippen LogP contribution in [0.3, 0.4) is 0 Å². The summed E-state index contributed by atoms with van der Waals surface area (Å²) in [7, 11) is 0. The van der Waals surface area contributed by atoms with Gasteiger partial charge in [0.05, 0.1) is 11.8 Å². The van der Waals surface area contributed by atoms with Gasteiger partial charge in [0.15, 0.2) is 0 Å². The number of tetrazole rings is 1. The molecule has 10 heteroatoms. The van der Waals surface area contributed by atoms with Crippen molar-refractivity contribution in [2.75, 3.05) is 11.5 Å². The second kappa shape index (κ2) is 6.20. The quantitative estimate of drug-likeness (QED) is 0.787. The molecule has 4 N–H and O–H groups in total. The zero-order valence-corrected chi connectivity index (χ0v) is 12.3. The molecule has 0 bridgehead atoms. The second-order valence-electron chi connectivity index (χ2n) is 4.95. The maximum atomic E-state index is 5.56. The average molecular weight is 307 g/mol. The number of rotatable bonds is 4. The van der Waals surface area contributed by atoms with Crippen LogP contribution in [0.15, 0.2) is 5.16 Å². The van der Waals surface area contributed by atoms with Crippen LogP contribution in [0.1, 0.15) is 44.0 Å². The molecule has 2 aromatic heterocycles. The van der Waals surface area contributed by atoms with E-state index in [0.717, 1.165) is 18.0 Å². The number of nitrogens with two attached hydrogens (primary N) is 2. The zero-order chi connectivity index (χ0) is 14.7. The molecule has 3 rings (SSSR count). The highest BCUT2D eigenvalue weighted by molar-refractivity contribution is 7.98. The third kappa shape index (κ3) is 3.38. The third-order valence-corrected chi connectivity index (χ3v) is 4.36. The number of hydrogen-bond donors (Lipinski definition) is 2. The van der Waals surface area contributed by atoms with Crippen molar-refractivity contribution in [3.05, 3.63) is 5.82 Å². The third-order valence-electron chi connectivity index (χ3n) is 3.43. The molecule has 1 fully saturated rings. The Bertz CT molecular complexity index is 587. The number of hydrogen-bond acceptors (Lipinski definition) is 9. The average Bonchev–Trinajstić information content (AvgIpc) is 2.93. The minimum absolute atomic E-state index is 0.130. The van der Waals surface area contributed by atoms with Crippen LogP contribution in [0, 0.1) is 0 Å². The van der Waals surface area contributed by atoms with Crippen LogP contribution in [0.25, 0.3) is 0 Å². The van der Waals surface area contributed by atoms with Crippen LogP contribution in [0.4, 0.5) is 11.9 Å². The Morgan fingerprint density at radius 3 is 2.48 bits per heavy atom. The van der Waals surface area contributed by atoms with E-state index in [4.69, 9.17) is 11.5 Å². The van der Waals surface area contributed by atoms with E-state index in [-0.39, 0.29) is 11.9 Å². The van der Waals surface area contributed by atoms with E-state index in [1.165, 1.54) is 31.0 Å². The Kier molecular flexibility index (Phi) is 4.13. The van der Waals surface area contributed by atoms with Gasteiger partial charge in [0, 0.05) is 0 Å². The zero-order valence-electron chi connectivity index (χ0n) is 11.5. The monoisotopic (exact) mass is 307 g/mol. The second-order valence-corrected chi connectivity index (χ2v) is 5.90. The van der Waals surface area contributed by atoms with E-state index in [0.29, 0.717) is 17.6 Å². The normalized spacial score (nSPS) is 16.2. The van der Waals surface area contributed by atoms with Crippen LogP contribution < -0.4 is 11.5 Å². The summed E-state index contributed by atoms with van der Waals surface area (Å²) in [5.74, 6) is 1.29. The van der Waals surface area contributed by atoms with E-state index in [1.807, 2.05) is 4.68 Å². The first-order valence-corrected chi connectivity index (χ1v) is 7.87. The Morgan fingerprint density at radius 2 is 1.76 bits per heavy atom. The molecule has 2 aromatic rings. The number of thioether (sulfide) groups is 1. The molecule has 112 valence electrons. The van der Waals surface area contributed by atoms with Crippen molar-refractivity contribution < 1.29 is 0 Å². The van der Waals surface area contributed by atoms with Gasteiger partial charge >= 0.3 is 0 Å². The molecular formula is C11H17N9S. The first-order chi connectivity index (χ1) is 10.2. The summed E-state index contributed by atoms with van der Waals surface area (Å²) in [6.45, 7) is 0. The summed E-state index contributed by atoms with van der Waals surface area (Å²) >= 11 is 1.48. The van der Waals surface area contributed by atoms with Crippen molar-refractivity contribution in [1.29, 1.82) is 0 Å². The molecule has 0 amide bonds. The number of aromatic nitrogens is 7. The molecule has 0 unspecified atom stereocenters. The molecular weight excluding hydrogens is 290 g/mol. The van der Waals surface area contributed by atoms with E-state index in [9.17, 15) is 0 Å². The highest BCUT2D eigenvalue weighted by atomic mass is 32.2. The van der Waals surface area contributed by atoms with Gasteiger partial charge in [0.2, 0.25) is 17.1 Å². The van der Waals surface area contributed by atoms with E-state index in [1.54, 1.807) is 0 Å². The Hall–Kier alpha value is -1.97. The molecule has 21 heavy (non-hydrogen) atoms. The van der Waals surface area contributed by atoms with Crippen molar-refractivity contribution >= 4 is 23.7 Å². The van der Waals surface area contributed by atoms with Gasteiger partial charge in [-0.1, -0.05) is 31.0 Å². The van der Waals surface area contributed by atoms with Gasteiger partial charge in [-0.05, 0) is 23.3 Å². The topological polar surface area (TPSA) is 134 Å². The molecule has 0 aromatic carbocycles. The predicted octanol–water partition coefficient (Wildman–Crippen LogP) is 0.820. The van der Waals surface area contributed by atoms with Gasteiger partial charge in [-0.2, -0.15) is 15.0 Å². The van der Waals surface area contributed by atoms with Crippen LogP contribution in [0.5, 0.6) is 0 Å². The lowest BCUT2D eigenvalue weighted by Gasteiger charge is -2.21. The molecule has 0 atom stereocenters. The Balaban J connectivity index is 1.69. The molecule has 9 nitrogen and oxygen atoms in total. The molecule has 0 radical (unpaired) electrons. The first-order valence-electron chi connectivity index (χ1n) is 6.89. The Labute approximate surface area is 125 Å². The minimum Gasteiger partial charge on any atom is -0.368 e. The lowest BCUT2D eigenvalue weighted by atomic mass is 9.96. The van der Waals surface area contributed by atoms with Gasteiger partial charge < -0.3 is 11.5 Å². The molecule has 2 heterocycles. The molecule has 0 spiro atoms. The lowest BCUT2D eigenvalue weighted by Crippen LogP contribution is -2.15. The van der Waals surface area contributed by atoms with Gasteiger partial charge in [-0.3, -0.25) is 0 Å². The van der Waals surface area contributed by atoms with Gasteiger partial charge in [0.1, 0.15) is 5.82 Å². The summed E-state index contributed by atoms with van der Waals surface area (Å²) in [5.41, 5.74) is 11.1. The molecule has 0 aliphatic heterocycles. The van der Waals surface area contributed by atoms with Crippen molar-refractivity contribution in [2.24, 2.45) is 0 Å². The van der Waals surface area contributed by atoms with Crippen LogP contribution in [-0.2, 0) is 5.75 Å². The van der Waals surface area contributed by atoms with E-state index >= 15 is 0 Å².